The van der Waals surface area contributed by atoms with Gasteiger partial charge in [0.15, 0.2) is 0 Å². The van der Waals surface area contributed by atoms with E-state index in [1.54, 1.807) is 6.07 Å². The number of aromatic carboxylic acids is 1. The summed E-state index contributed by atoms with van der Waals surface area (Å²) in [6.07, 6.45) is 3.46. The molecule has 0 unspecified atom stereocenters. The monoisotopic (exact) mass is 381 g/mol. The molecule has 0 saturated heterocycles. The van der Waals surface area contributed by atoms with Gasteiger partial charge in [0.25, 0.3) is 0 Å². The first-order valence-electron chi connectivity index (χ1n) is 9.98. The van der Waals surface area contributed by atoms with Crippen LogP contribution in [0.4, 0.5) is 0 Å². The molecule has 4 aromatic rings. The van der Waals surface area contributed by atoms with Crippen molar-refractivity contribution in [3.63, 3.8) is 0 Å². The molecule has 0 radical (unpaired) electrons. The Labute approximate surface area is 170 Å². The van der Waals surface area contributed by atoms with Crippen molar-refractivity contribution in [3.8, 4) is 22.4 Å². The third kappa shape index (κ3) is 4.04. The van der Waals surface area contributed by atoms with Crippen molar-refractivity contribution >= 4 is 16.9 Å². The molecule has 0 spiro atoms. The highest BCUT2D eigenvalue weighted by Crippen LogP contribution is 2.29. The number of aromatic nitrogens is 1. The number of nitrogens with zero attached hydrogens (tertiary/aromatic N) is 1. The van der Waals surface area contributed by atoms with Gasteiger partial charge in [-0.25, -0.2) is 9.78 Å². The summed E-state index contributed by atoms with van der Waals surface area (Å²) in [7, 11) is 0. The van der Waals surface area contributed by atoms with Crippen molar-refractivity contribution < 1.29 is 9.90 Å². The Bertz CT molecular complexity index is 1150. The maximum Gasteiger partial charge on any atom is 0.336 e. The second-order valence-corrected chi connectivity index (χ2v) is 7.26. The van der Waals surface area contributed by atoms with E-state index in [4.69, 9.17) is 4.98 Å². The zero-order chi connectivity index (χ0) is 20.2. The number of carboxylic acid groups (broad SMARTS) is 1. The average molecular weight is 381 g/mol. The van der Waals surface area contributed by atoms with Gasteiger partial charge in [0.2, 0.25) is 0 Å². The van der Waals surface area contributed by atoms with Gasteiger partial charge in [0.05, 0.1) is 16.8 Å². The fourth-order valence-electron chi connectivity index (χ4n) is 3.58. The first-order valence-corrected chi connectivity index (χ1v) is 9.98. The summed E-state index contributed by atoms with van der Waals surface area (Å²) < 4.78 is 0. The Morgan fingerprint density at radius 2 is 1.59 bits per heavy atom. The van der Waals surface area contributed by atoms with Gasteiger partial charge in [0.1, 0.15) is 0 Å². The lowest BCUT2D eigenvalue weighted by atomic mass is 9.98. The highest BCUT2D eigenvalue weighted by molar-refractivity contribution is 6.05. The lowest BCUT2D eigenvalue weighted by Gasteiger charge is -2.10. The highest BCUT2D eigenvalue weighted by Gasteiger charge is 2.14. The molecule has 0 fully saturated rings. The lowest BCUT2D eigenvalue weighted by molar-refractivity contribution is 0.0699. The first-order chi connectivity index (χ1) is 14.2. The van der Waals surface area contributed by atoms with Crippen molar-refractivity contribution in [1.29, 1.82) is 0 Å². The molecule has 0 bridgehead atoms. The van der Waals surface area contributed by atoms with E-state index >= 15 is 0 Å². The Morgan fingerprint density at radius 1 is 0.862 bits per heavy atom. The minimum absolute atomic E-state index is 0.273. The zero-order valence-electron chi connectivity index (χ0n) is 16.4. The molecule has 0 amide bonds. The largest absolute Gasteiger partial charge is 0.478 e. The average Bonchev–Trinajstić information content (AvgIpc) is 2.77. The van der Waals surface area contributed by atoms with E-state index in [0.717, 1.165) is 23.1 Å². The predicted octanol–water partition coefficient (Wildman–Crippen LogP) is 6.61. The Morgan fingerprint density at radius 3 is 2.28 bits per heavy atom. The number of benzene rings is 3. The zero-order valence-corrected chi connectivity index (χ0v) is 16.4. The number of pyridine rings is 1. The number of rotatable bonds is 6. The molecular formula is C26H23NO2. The topological polar surface area (TPSA) is 50.2 Å². The second-order valence-electron chi connectivity index (χ2n) is 7.26. The van der Waals surface area contributed by atoms with Gasteiger partial charge in [-0.05, 0) is 47.7 Å². The summed E-state index contributed by atoms with van der Waals surface area (Å²) >= 11 is 0. The molecule has 0 atom stereocenters. The van der Waals surface area contributed by atoms with Gasteiger partial charge in [-0.3, -0.25) is 0 Å². The summed E-state index contributed by atoms with van der Waals surface area (Å²) in [6, 6.07) is 25.7. The fraction of sp³-hybridized carbons (Fsp3) is 0.154. The summed E-state index contributed by atoms with van der Waals surface area (Å²) in [5.41, 5.74) is 5.94. The van der Waals surface area contributed by atoms with E-state index in [9.17, 15) is 9.90 Å². The van der Waals surface area contributed by atoms with E-state index in [1.165, 1.54) is 18.4 Å². The van der Waals surface area contributed by atoms with Gasteiger partial charge in [0, 0.05) is 10.9 Å². The van der Waals surface area contributed by atoms with Crippen LogP contribution >= 0.6 is 0 Å². The van der Waals surface area contributed by atoms with Gasteiger partial charge in [-0.15, -0.1) is 0 Å². The van der Waals surface area contributed by atoms with Gasteiger partial charge >= 0.3 is 5.97 Å². The van der Waals surface area contributed by atoms with Crippen LogP contribution < -0.4 is 0 Å². The van der Waals surface area contributed by atoms with Gasteiger partial charge in [-0.1, -0.05) is 74.0 Å². The summed E-state index contributed by atoms with van der Waals surface area (Å²) in [5.74, 6) is -0.943. The molecule has 1 heterocycles. The smallest absolute Gasteiger partial charge is 0.336 e. The normalized spacial score (nSPS) is 10.9. The van der Waals surface area contributed by atoms with E-state index in [0.29, 0.717) is 16.6 Å². The van der Waals surface area contributed by atoms with Crippen molar-refractivity contribution in [1.82, 2.24) is 4.98 Å². The standard InChI is InChI=1S/C26H23NO2/c1-2-3-7-18-10-12-19(13-11-18)21-14-15-24-22(16-21)23(26(28)29)17-25(27-24)20-8-5-4-6-9-20/h4-6,8-17H,2-3,7H2,1H3,(H,28,29). The van der Waals surface area contributed by atoms with E-state index in [1.807, 2.05) is 48.5 Å². The van der Waals surface area contributed by atoms with Gasteiger partial charge < -0.3 is 5.11 Å². The second kappa shape index (κ2) is 8.27. The molecule has 0 aliphatic rings. The van der Waals surface area contributed by atoms with Crippen LogP contribution in [0.3, 0.4) is 0 Å². The van der Waals surface area contributed by atoms with Crippen molar-refractivity contribution in [2.24, 2.45) is 0 Å². The number of hydrogen-bond acceptors (Lipinski definition) is 2. The van der Waals surface area contributed by atoms with Crippen molar-refractivity contribution in [2.75, 3.05) is 0 Å². The molecule has 4 rings (SSSR count). The van der Waals surface area contributed by atoms with Crippen LogP contribution in [0.5, 0.6) is 0 Å². The summed E-state index contributed by atoms with van der Waals surface area (Å²) in [5, 5.41) is 10.5. The quantitative estimate of drug-likeness (QED) is 0.409. The Balaban J connectivity index is 1.77. The third-order valence-electron chi connectivity index (χ3n) is 5.21. The maximum absolute atomic E-state index is 12.0. The number of carboxylic acids is 1. The molecule has 3 nitrogen and oxygen atoms in total. The minimum atomic E-state index is -0.943. The molecule has 0 saturated carbocycles. The molecule has 0 aliphatic carbocycles. The number of fused-ring (bicyclic) bond motifs is 1. The van der Waals surface area contributed by atoms with E-state index < -0.39 is 5.97 Å². The van der Waals surface area contributed by atoms with Crippen LogP contribution in [0.1, 0.15) is 35.7 Å². The molecule has 3 heteroatoms. The van der Waals surface area contributed by atoms with Gasteiger partial charge in [-0.2, -0.15) is 0 Å². The maximum atomic E-state index is 12.0. The van der Waals surface area contributed by atoms with Crippen LogP contribution in [0, 0.1) is 0 Å². The molecular weight excluding hydrogens is 358 g/mol. The van der Waals surface area contributed by atoms with Crippen LogP contribution in [0.2, 0.25) is 0 Å². The van der Waals surface area contributed by atoms with E-state index in [2.05, 4.69) is 31.2 Å². The predicted molar refractivity (Wildman–Crippen MR) is 118 cm³/mol. The molecule has 3 aromatic carbocycles. The van der Waals surface area contributed by atoms with Crippen molar-refractivity contribution in [2.45, 2.75) is 26.2 Å². The number of unbranched alkanes of at least 4 members (excludes halogenated alkanes) is 1. The fourth-order valence-corrected chi connectivity index (χ4v) is 3.58. The minimum Gasteiger partial charge on any atom is -0.478 e. The summed E-state index contributed by atoms with van der Waals surface area (Å²) in [6.45, 7) is 2.20. The van der Waals surface area contributed by atoms with Crippen LogP contribution in [0.15, 0.2) is 78.9 Å². The molecule has 1 N–H and O–H groups in total. The van der Waals surface area contributed by atoms with E-state index in [-0.39, 0.29) is 5.56 Å². The lowest BCUT2D eigenvalue weighted by Crippen LogP contribution is -2.00. The molecule has 144 valence electrons. The molecule has 0 aliphatic heterocycles. The highest BCUT2D eigenvalue weighted by atomic mass is 16.4. The van der Waals surface area contributed by atoms with Crippen molar-refractivity contribution in [3.05, 3.63) is 90.0 Å². The first kappa shape index (κ1) is 18.9. The number of hydrogen-bond donors (Lipinski definition) is 1. The van der Waals surface area contributed by atoms with Crippen LogP contribution in [-0.2, 0) is 6.42 Å². The Kier molecular flexibility index (Phi) is 5.39. The third-order valence-corrected chi connectivity index (χ3v) is 5.21. The summed E-state index contributed by atoms with van der Waals surface area (Å²) in [4.78, 5) is 16.7. The molecule has 1 aromatic heterocycles. The molecule has 29 heavy (non-hydrogen) atoms. The number of carbonyl (C=O) groups is 1. The SMILES string of the molecule is CCCCc1ccc(-c2ccc3nc(-c4ccccc4)cc(C(=O)O)c3c2)cc1. The van der Waals surface area contributed by atoms with Crippen LogP contribution in [-0.4, -0.2) is 16.1 Å². The Hall–Kier alpha value is -3.46. The number of aryl methyl sites for hydroxylation is 1. The van der Waals surface area contributed by atoms with Crippen LogP contribution in [0.25, 0.3) is 33.3 Å².